The number of carbonyl (C=O) groups is 1. The second-order valence-corrected chi connectivity index (χ2v) is 5.44. The first-order valence-corrected chi connectivity index (χ1v) is 7.24. The van der Waals surface area contributed by atoms with Gasteiger partial charge in [0.25, 0.3) is 0 Å². The van der Waals surface area contributed by atoms with Crippen molar-refractivity contribution in [3.63, 3.8) is 0 Å². The van der Waals surface area contributed by atoms with Crippen LogP contribution in [0.15, 0.2) is 54.4 Å². The standard InChI is InChI=1S/C16H11ClN2O5/c17-9-5-6-14(20)12(7-9)18-8-13(19(22)23)15-10-3-1-2-4-11(10)16(21)24-15/h1-8,15,18,20H/b13-8+/t15-/m0/s1. The van der Waals surface area contributed by atoms with Crippen LogP contribution in [-0.4, -0.2) is 16.0 Å². The van der Waals surface area contributed by atoms with E-state index in [0.29, 0.717) is 16.1 Å². The number of benzene rings is 2. The SMILES string of the molecule is O=C1O[C@H](/C(=C\Nc2cc(Cl)ccc2O)[N+](=O)[O-])c2ccccc21. The number of nitrogens with one attached hydrogen (secondary N) is 1. The first kappa shape index (κ1) is 15.8. The number of cyclic esters (lactones) is 1. The van der Waals surface area contributed by atoms with Gasteiger partial charge in [0.15, 0.2) is 0 Å². The molecule has 0 saturated carbocycles. The molecule has 2 aromatic rings. The number of ether oxygens (including phenoxy) is 1. The highest BCUT2D eigenvalue weighted by molar-refractivity contribution is 6.30. The van der Waals surface area contributed by atoms with E-state index in [2.05, 4.69) is 5.32 Å². The molecule has 2 N–H and O–H groups in total. The lowest BCUT2D eigenvalue weighted by Gasteiger charge is -2.09. The van der Waals surface area contributed by atoms with Crippen molar-refractivity contribution in [2.75, 3.05) is 5.32 Å². The molecule has 2 aromatic carbocycles. The molecule has 0 radical (unpaired) electrons. The molecule has 0 spiro atoms. The molecule has 0 aromatic heterocycles. The lowest BCUT2D eigenvalue weighted by atomic mass is 10.0. The van der Waals surface area contributed by atoms with E-state index in [0.717, 1.165) is 6.20 Å². The Bertz CT molecular complexity index is 865. The van der Waals surface area contributed by atoms with Crippen molar-refractivity contribution in [1.29, 1.82) is 0 Å². The van der Waals surface area contributed by atoms with Crippen LogP contribution in [0.3, 0.4) is 0 Å². The summed E-state index contributed by atoms with van der Waals surface area (Å²) in [5, 5.41) is 24.1. The molecule has 0 unspecified atom stereocenters. The van der Waals surface area contributed by atoms with Gasteiger partial charge in [0.2, 0.25) is 6.10 Å². The zero-order valence-electron chi connectivity index (χ0n) is 12.1. The van der Waals surface area contributed by atoms with E-state index in [1.54, 1.807) is 24.3 Å². The van der Waals surface area contributed by atoms with E-state index in [4.69, 9.17) is 16.3 Å². The molecule has 122 valence electrons. The largest absolute Gasteiger partial charge is 0.506 e. The number of anilines is 1. The van der Waals surface area contributed by atoms with Crippen molar-refractivity contribution in [2.45, 2.75) is 6.10 Å². The molecule has 1 atom stereocenters. The van der Waals surface area contributed by atoms with Gasteiger partial charge < -0.3 is 15.2 Å². The predicted octanol–water partition coefficient (Wildman–Crippen LogP) is 3.49. The molecule has 0 amide bonds. The van der Waals surface area contributed by atoms with Gasteiger partial charge in [-0.1, -0.05) is 29.8 Å². The molecule has 7 nitrogen and oxygen atoms in total. The Kier molecular flexibility index (Phi) is 4.09. The lowest BCUT2D eigenvalue weighted by molar-refractivity contribution is -0.436. The van der Waals surface area contributed by atoms with E-state index in [1.165, 1.54) is 18.2 Å². The maximum atomic E-state index is 11.8. The average Bonchev–Trinajstić information content (AvgIpc) is 2.88. The molecule has 0 aliphatic carbocycles. The number of phenols is 1. The number of hydrogen-bond donors (Lipinski definition) is 2. The molecule has 1 aliphatic rings. The Morgan fingerprint density at radius 3 is 2.83 bits per heavy atom. The van der Waals surface area contributed by atoms with Crippen LogP contribution in [0.25, 0.3) is 0 Å². The summed E-state index contributed by atoms with van der Waals surface area (Å²) in [5.74, 6) is -0.740. The number of nitro groups is 1. The first-order chi connectivity index (χ1) is 11.5. The Balaban J connectivity index is 1.95. The molecule has 0 saturated heterocycles. The number of rotatable bonds is 4. The number of esters is 1. The minimum atomic E-state index is -1.13. The summed E-state index contributed by atoms with van der Waals surface area (Å²) in [6.07, 6.45) is -0.0525. The second-order valence-electron chi connectivity index (χ2n) is 5.00. The molecule has 0 fully saturated rings. The van der Waals surface area contributed by atoms with Crippen LogP contribution < -0.4 is 5.32 Å². The molecule has 3 rings (SSSR count). The number of aromatic hydroxyl groups is 1. The van der Waals surface area contributed by atoms with E-state index in [-0.39, 0.29) is 17.1 Å². The number of nitrogens with zero attached hydrogens (tertiary/aromatic N) is 1. The fourth-order valence-electron chi connectivity index (χ4n) is 2.36. The third-order valence-corrected chi connectivity index (χ3v) is 3.74. The Hall–Kier alpha value is -3.06. The van der Waals surface area contributed by atoms with E-state index in [1.807, 2.05) is 0 Å². The average molecular weight is 347 g/mol. The van der Waals surface area contributed by atoms with Gasteiger partial charge in [0.05, 0.1) is 22.4 Å². The number of carbonyl (C=O) groups excluding carboxylic acids is 1. The zero-order chi connectivity index (χ0) is 17.3. The topological polar surface area (TPSA) is 102 Å². The third-order valence-electron chi connectivity index (χ3n) is 3.50. The van der Waals surface area contributed by atoms with Crippen LogP contribution in [0.4, 0.5) is 5.69 Å². The minimum Gasteiger partial charge on any atom is -0.506 e. The fourth-order valence-corrected chi connectivity index (χ4v) is 2.54. The smallest absolute Gasteiger partial charge is 0.339 e. The summed E-state index contributed by atoms with van der Waals surface area (Å²) in [4.78, 5) is 22.6. The van der Waals surface area contributed by atoms with Gasteiger partial charge in [-0.3, -0.25) is 10.1 Å². The highest BCUT2D eigenvalue weighted by atomic mass is 35.5. The highest BCUT2D eigenvalue weighted by Gasteiger charge is 2.39. The molecule has 24 heavy (non-hydrogen) atoms. The molecule has 1 heterocycles. The monoisotopic (exact) mass is 346 g/mol. The maximum absolute atomic E-state index is 11.8. The van der Waals surface area contributed by atoms with E-state index in [9.17, 15) is 20.0 Å². The third kappa shape index (κ3) is 2.89. The van der Waals surface area contributed by atoms with Gasteiger partial charge in [-0.05, 0) is 24.3 Å². The van der Waals surface area contributed by atoms with Crippen LogP contribution in [0.2, 0.25) is 5.02 Å². The summed E-state index contributed by atoms with van der Waals surface area (Å²) in [7, 11) is 0. The Morgan fingerprint density at radius 2 is 2.08 bits per heavy atom. The molecular weight excluding hydrogens is 336 g/mol. The highest BCUT2D eigenvalue weighted by Crippen LogP contribution is 2.36. The van der Waals surface area contributed by atoms with Crippen LogP contribution >= 0.6 is 11.6 Å². The van der Waals surface area contributed by atoms with Gasteiger partial charge in [0, 0.05) is 10.6 Å². The zero-order valence-corrected chi connectivity index (χ0v) is 12.9. The van der Waals surface area contributed by atoms with Crippen LogP contribution in [0, 0.1) is 10.1 Å². The van der Waals surface area contributed by atoms with Gasteiger partial charge in [0.1, 0.15) is 5.75 Å². The van der Waals surface area contributed by atoms with Crippen molar-refractivity contribution in [3.8, 4) is 5.75 Å². The summed E-state index contributed by atoms with van der Waals surface area (Å²) in [6, 6.07) is 10.7. The van der Waals surface area contributed by atoms with Crippen LogP contribution in [-0.2, 0) is 4.74 Å². The van der Waals surface area contributed by atoms with Crippen molar-refractivity contribution >= 4 is 23.3 Å². The molecule has 0 bridgehead atoms. The second kappa shape index (κ2) is 6.21. The number of halogens is 1. The number of hydrogen-bond acceptors (Lipinski definition) is 6. The Morgan fingerprint density at radius 1 is 1.33 bits per heavy atom. The number of fused-ring (bicyclic) bond motifs is 1. The quantitative estimate of drug-likeness (QED) is 0.380. The molecular formula is C16H11ClN2O5. The molecule has 1 aliphatic heterocycles. The normalized spacial score (nSPS) is 16.5. The van der Waals surface area contributed by atoms with Gasteiger partial charge in [-0.25, -0.2) is 4.79 Å². The van der Waals surface area contributed by atoms with Crippen molar-refractivity contribution in [3.05, 3.63) is 80.6 Å². The van der Waals surface area contributed by atoms with Gasteiger partial charge in [-0.15, -0.1) is 0 Å². The first-order valence-electron chi connectivity index (χ1n) is 6.87. The van der Waals surface area contributed by atoms with Crippen LogP contribution in [0.1, 0.15) is 22.0 Å². The summed E-state index contributed by atoms with van der Waals surface area (Å²) < 4.78 is 5.12. The summed E-state index contributed by atoms with van der Waals surface area (Å²) in [6.45, 7) is 0. The fraction of sp³-hybridized carbons (Fsp3) is 0.0625. The van der Waals surface area contributed by atoms with E-state index >= 15 is 0 Å². The predicted molar refractivity (Wildman–Crippen MR) is 86.4 cm³/mol. The van der Waals surface area contributed by atoms with Gasteiger partial charge in [-0.2, -0.15) is 0 Å². The lowest BCUT2D eigenvalue weighted by Crippen LogP contribution is -2.12. The van der Waals surface area contributed by atoms with Crippen molar-refractivity contribution in [1.82, 2.24) is 0 Å². The van der Waals surface area contributed by atoms with Crippen molar-refractivity contribution < 1.29 is 19.6 Å². The molecule has 8 heteroatoms. The van der Waals surface area contributed by atoms with Gasteiger partial charge >= 0.3 is 11.7 Å². The van der Waals surface area contributed by atoms with Crippen molar-refractivity contribution in [2.24, 2.45) is 0 Å². The van der Waals surface area contributed by atoms with E-state index < -0.39 is 17.0 Å². The summed E-state index contributed by atoms with van der Waals surface area (Å²) >= 11 is 5.83. The number of phenolic OH excluding ortho intramolecular Hbond substituents is 1. The van der Waals surface area contributed by atoms with Crippen LogP contribution in [0.5, 0.6) is 5.75 Å². The minimum absolute atomic E-state index is 0.123. The Labute approximate surface area is 141 Å². The summed E-state index contributed by atoms with van der Waals surface area (Å²) in [5.41, 5.74) is 0.538. The maximum Gasteiger partial charge on any atom is 0.339 e.